The van der Waals surface area contributed by atoms with Gasteiger partial charge in [-0.2, -0.15) is 0 Å². The van der Waals surface area contributed by atoms with Crippen LogP contribution in [-0.4, -0.2) is 17.1 Å². The van der Waals surface area contributed by atoms with E-state index in [1.807, 2.05) is 20.8 Å². The Kier molecular flexibility index (Phi) is 4.48. The first kappa shape index (κ1) is 14.9. The standard InChI is InChI=1S/C17H19NO3/c1-11(2)21-15-7-4-13(5-8-15)17(20)18-16-9-6-14(19)10-12(16)3/h4-11,19H,1-3H3,(H,18,20). The number of hydrogen-bond acceptors (Lipinski definition) is 3. The second-order valence-corrected chi connectivity index (χ2v) is 5.14. The molecule has 0 atom stereocenters. The van der Waals surface area contributed by atoms with Gasteiger partial charge in [-0.25, -0.2) is 0 Å². The molecule has 0 unspecified atom stereocenters. The summed E-state index contributed by atoms with van der Waals surface area (Å²) in [4.78, 5) is 12.2. The highest BCUT2D eigenvalue weighted by Gasteiger charge is 2.08. The topological polar surface area (TPSA) is 58.6 Å². The molecule has 4 nitrogen and oxygen atoms in total. The molecule has 2 N–H and O–H groups in total. The highest BCUT2D eigenvalue weighted by Crippen LogP contribution is 2.21. The number of anilines is 1. The first-order chi connectivity index (χ1) is 9.95. The van der Waals surface area contributed by atoms with Gasteiger partial charge in [0.2, 0.25) is 0 Å². The van der Waals surface area contributed by atoms with Crippen LogP contribution in [0.25, 0.3) is 0 Å². The molecular weight excluding hydrogens is 266 g/mol. The molecule has 0 radical (unpaired) electrons. The zero-order valence-electron chi connectivity index (χ0n) is 12.4. The number of ether oxygens (including phenoxy) is 1. The van der Waals surface area contributed by atoms with E-state index in [0.29, 0.717) is 11.3 Å². The minimum absolute atomic E-state index is 0.101. The van der Waals surface area contributed by atoms with Gasteiger partial charge in [0.15, 0.2) is 0 Å². The van der Waals surface area contributed by atoms with Crippen LogP contribution in [0.15, 0.2) is 42.5 Å². The predicted octanol–water partition coefficient (Wildman–Crippen LogP) is 3.74. The molecule has 0 aliphatic carbocycles. The molecule has 1 amide bonds. The number of aromatic hydroxyl groups is 1. The second-order valence-electron chi connectivity index (χ2n) is 5.14. The number of amides is 1. The lowest BCUT2D eigenvalue weighted by atomic mass is 10.1. The number of aryl methyl sites for hydroxylation is 1. The van der Waals surface area contributed by atoms with Gasteiger partial charge in [0.1, 0.15) is 11.5 Å². The molecule has 2 rings (SSSR count). The van der Waals surface area contributed by atoms with Crippen molar-refractivity contribution in [1.29, 1.82) is 0 Å². The number of hydrogen-bond donors (Lipinski definition) is 2. The van der Waals surface area contributed by atoms with E-state index in [0.717, 1.165) is 11.3 Å². The number of carbonyl (C=O) groups is 1. The van der Waals surface area contributed by atoms with Gasteiger partial charge in [-0.05, 0) is 68.8 Å². The molecule has 0 aliphatic heterocycles. The highest BCUT2D eigenvalue weighted by atomic mass is 16.5. The summed E-state index contributed by atoms with van der Waals surface area (Å²) in [5, 5.41) is 12.2. The molecule has 2 aromatic rings. The Balaban J connectivity index is 2.09. The maximum absolute atomic E-state index is 12.2. The van der Waals surface area contributed by atoms with Crippen molar-refractivity contribution in [3.63, 3.8) is 0 Å². The summed E-state index contributed by atoms with van der Waals surface area (Å²) in [7, 11) is 0. The van der Waals surface area contributed by atoms with Crippen molar-refractivity contribution in [2.45, 2.75) is 26.9 Å². The molecule has 0 bridgehead atoms. The van der Waals surface area contributed by atoms with Crippen molar-refractivity contribution in [2.75, 3.05) is 5.32 Å². The van der Waals surface area contributed by atoms with Crippen LogP contribution in [0.3, 0.4) is 0 Å². The van der Waals surface area contributed by atoms with Crippen molar-refractivity contribution in [2.24, 2.45) is 0 Å². The summed E-state index contributed by atoms with van der Waals surface area (Å²) < 4.78 is 5.54. The fourth-order valence-corrected chi connectivity index (χ4v) is 1.94. The quantitative estimate of drug-likeness (QED) is 0.841. The van der Waals surface area contributed by atoms with E-state index in [9.17, 15) is 9.90 Å². The number of phenolic OH excluding ortho intramolecular Hbond substituents is 1. The summed E-state index contributed by atoms with van der Waals surface area (Å²) in [6.45, 7) is 5.73. The smallest absolute Gasteiger partial charge is 0.255 e. The average molecular weight is 285 g/mol. The number of phenols is 1. The van der Waals surface area contributed by atoms with Crippen LogP contribution in [0.1, 0.15) is 29.8 Å². The maximum atomic E-state index is 12.2. The fraction of sp³-hybridized carbons (Fsp3) is 0.235. The third kappa shape index (κ3) is 3.99. The van der Waals surface area contributed by atoms with Crippen LogP contribution in [0.5, 0.6) is 11.5 Å². The van der Waals surface area contributed by atoms with Crippen molar-refractivity contribution >= 4 is 11.6 Å². The Labute approximate surface area is 124 Å². The van der Waals surface area contributed by atoms with Crippen LogP contribution in [0, 0.1) is 6.92 Å². The molecule has 0 heterocycles. The van der Waals surface area contributed by atoms with Gasteiger partial charge in [0.25, 0.3) is 5.91 Å². The zero-order valence-corrected chi connectivity index (χ0v) is 12.4. The molecule has 2 aromatic carbocycles. The Bertz CT molecular complexity index is 633. The van der Waals surface area contributed by atoms with E-state index in [2.05, 4.69) is 5.32 Å². The minimum atomic E-state index is -0.195. The lowest BCUT2D eigenvalue weighted by molar-refractivity contribution is 0.102. The monoisotopic (exact) mass is 285 g/mol. The number of carbonyl (C=O) groups excluding carboxylic acids is 1. The zero-order chi connectivity index (χ0) is 15.4. The Morgan fingerprint density at radius 3 is 2.38 bits per heavy atom. The van der Waals surface area contributed by atoms with Gasteiger partial charge >= 0.3 is 0 Å². The number of nitrogens with one attached hydrogen (secondary N) is 1. The molecule has 0 aromatic heterocycles. The van der Waals surface area contributed by atoms with Crippen LogP contribution in [0.4, 0.5) is 5.69 Å². The van der Waals surface area contributed by atoms with Crippen LogP contribution >= 0.6 is 0 Å². The lowest BCUT2D eigenvalue weighted by Gasteiger charge is -2.11. The Morgan fingerprint density at radius 2 is 1.81 bits per heavy atom. The molecule has 0 aliphatic rings. The Hall–Kier alpha value is -2.49. The van der Waals surface area contributed by atoms with Crippen LogP contribution < -0.4 is 10.1 Å². The van der Waals surface area contributed by atoms with E-state index >= 15 is 0 Å². The van der Waals surface area contributed by atoms with Crippen molar-refractivity contribution in [3.05, 3.63) is 53.6 Å². The number of rotatable bonds is 4. The van der Waals surface area contributed by atoms with Crippen molar-refractivity contribution in [3.8, 4) is 11.5 Å². The van der Waals surface area contributed by atoms with Gasteiger partial charge in [0, 0.05) is 11.3 Å². The highest BCUT2D eigenvalue weighted by molar-refractivity contribution is 6.04. The van der Waals surface area contributed by atoms with Crippen molar-refractivity contribution < 1.29 is 14.6 Å². The summed E-state index contributed by atoms with van der Waals surface area (Å²) in [5.41, 5.74) is 2.04. The normalized spacial score (nSPS) is 10.5. The molecule has 0 fully saturated rings. The first-order valence-corrected chi connectivity index (χ1v) is 6.83. The Morgan fingerprint density at radius 1 is 1.14 bits per heavy atom. The molecule has 4 heteroatoms. The van der Waals surface area contributed by atoms with E-state index in [4.69, 9.17) is 4.74 Å². The van der Waals surface area contributed by atoms with Crippen LogP contribution in [0.2, 0.25) is 0 Å². The molecule has 110 valence electrons. The largest absolute Gasteiger partial charge is 0.508 e. The SMILES string of the molecule is Cc1cc(O)ccc1NC(=O)c1ccc(OC(C)C)cc1. The molecular formula is C17H19NO3. The summed E-state index contributed by atoms with van der Waals surface area (Å²) in [6, 6.07) is 11.8. The van der Waals surface area contributed by atoms with Crippen molar-refractivity contribution in [1.82, 2.24) is 0 Å². The summed E-state index contributed by atoms with van der Waals surface area (Å²) in [5.74, 6) is 0.725. The third-order valence-electron chi connectivity index (χ3n) is 2.95. The lowest BCUT2D eigenvalue weighted by Crippen LogP contribution is -2.13. The average Bonchev–Trinajstić information content (AvgIpc) is 2.42. The van der Waals surface area contributed by atoms with Gasteiger partial charge in [-0.1, -0.05) is 0 Å². The van der Waals surface area contributed by atoms with Gasteiger partial charge in [-0.3, -0.25) is 4.79 Å². The van der Waals surface area contributed by atoms with E-state index in [-0.39, 0.29) is 17.8 Å². The molecule has 0 saturated heterocycles. The van der Waals surface area contributed by atoms with E-state index < -0.39 is 0 Å². The van der Waals surface area contributed by atoms with Gasteiger partial charge in [0.05, 0.1) is 6.10 Å². The number of benzene rings is 2. The van der Waals surface area contributed by atoms with E-state index in [1.54, 1.807) is 42.5 Å². The second kappa shape index (κ2) is 6.31. The third-order valence-corrected chi connectivity index (χ3v) is 2.95. The predicted molar refractivity (Wildman–Crippen MR) is 83.0 cm³/mol. The van der Waals surface area contributed by atoms with Crippen LogP contribution in [-0.2, 0) is 0 Å². The molecule has 0 spiro atoms. The van der Waals surface area contributed by atoms with Gasteiger partial charge in [-0.15, -0.1) is 0 Å². The minimum Gasteiger partial charge on any atom is -0.508 e. The van der Waals surface area contributed by atoms with E-state index in [1.165, 1.54) is 0 Å². The summed E-state index contributed by atoms with van der Waals surface area (Å²) in [6.07, 6.45) is 0.101. The maximum Gasteiger partial charge on any atom is 0.255 e. The summed E-state index contributed by atoms with van der Waals surface area (Å²) >= 11 is 0. The molecule has 21 heavy (non-hydrogen) atoms. The fourth-order valence-electron chi connectivity index (χ4n) is 1.94. The van der Waals surface area contributed by atoms with Gasteiger partial charge < -0.3 is 15.2 Å². The first-order valence-electron chi connectivity index (χ1n) is 6.83. The molecule has 0 saturated carbocycles.